The van der Waals surface area contributed by atoms with Crippen molar-refractivity contribution < 1.29 is 0 Å². The van der Waals surface area contributed by atoms with Gasteiger partial charge in [-0.2, -0.15) is 5.10 Å². The number of thiophene rings is 1. The molecule has 8 heteroatoms. The first-order valence-electron chi connectivity index (χ1n) is 11.9. The van der Waals surface area contributed by atoms with Crippen LogP contribution in [0.2, 0.25) is 0 Å². The summed E-state index contributed by atoms with van der Waals surface area (Å²) in [6, 6.07) is 14.6. The Morgan fingerprint density at radius 1 is 1.03 bits per heavy atom. The standard InChI is InChI=1S/C28H23N7S/c1-15-3-8-24(36-15)27-26-23(9-10-30-27)32-28(33-26)25-21-12-18(6-7-22(21)34-35-25)19-11-20(14-29-13-19)31-16(2)17-4-5-17/h3,6-14,17,31H,2,4-5H2,1H3,(H,32,33)(H,34,35). The van der Waals surface area contributed by atoms with Crippen LogP contribution in [0.25, 0.3) is 55.2 Å². The molecule has 1 aliphatic rings. The number of aromatic nitrogens is 6. The molecule has 0 saturated heterocycles. The zero-order valence-corrected chi connectivity index (χ0v) is 20.5. The second kappa shape index (κ2) is 8.13. The Morgan fingerprint density at radius 3 is 2.78 bits per heavy atom. The van der Waals surface area contributed by atoms with Crippen molar-refractivity contribution in [2.75, 3.05) is 5.32 Å². The number of hydrogen-bond acceptors (Lipinski definition) is 6. The number of aryl methyl sites for hydroxylation is 1. The van der Waals surface area contributed by atoms with E-state index in [2.05, 4.69) is 80.4 Å². The summed E-state index contributed by atoms with van der Waals surface area (Å²) in [4.78, 5) is 19.8. The van der Waals surface area contributed by atoms with E-state index in [1.807, 2.05) is 24.7 Å². The topological polar surface area (TPSA) is 95.2 Å². The molecule has 1 aromatic carbocycles. The van der Waals surface area contributed by atoms with Gasteiger partial charge in [0.1, 0.15) is 16.9 Å². The number of nitrogens with zero attached hydrogens (tertiary/aromatic N) is 4. The van der Waals surface area contributed by atoms with Crippen LogP contribution in [0.3, 0.4) is 0 Å². The molecule has 5 aromatic heterocycles. The summed E-state index contributed by atoms with van der Waals surface area (Å²) >= 11 is 1.72. The number of imidazole rings is 1. The van der Waals surface area contributed by atoms with Crippen LogP contribution in [0.4, 0.5) is 5.69 Å². The molecule has 0 amide bonds. The fraction of sp³-hybridized carbons (Fsp3) is 0.143. The monoisotopic (exact) mass is 489 g/mol. The molecule has 0 unspecified atom stereocenters. The Labute approximate surface area is 211 Å². The zero-order chi connectivity index (χ0) is 24.2. The number of hydrogen-bond donors (Lipinski definition) is 3. The zero-order valence-electron chi connectivity index (χ0n) is 19.7. The molecule has 36 heavy (non-hydrogen) atoms. The third kappa shape index (κ3) is 3.67. The average molecular weight is 490 g/mol. The molecule has 0 radical (unpaired) electrons. The van der Waals surface area contributed by atoms with Crippen molar-refractivity contribution in [2.45, 2.75) is 19.8 Å². The van der Waals surface area contributed by atoms with Crippen molar-refractivity contribution in [3.8, 4) is 33.2 Å². The third-order valence-electron chi connectivity index (χ3n) is 6.61. The SMILES string of the molecule is C=C(Nc1cncc(-c2ccc3[nH]nc(-c4nc5c(-c6ccc(C)s6)nccc5[nH]4)c3c2)c1)C1CC1. The van der Waals surface area contributed by atoms with Crippen molar-refractivity contribution in [1.29, 1.82) is 0 Å². The quantitative estimate of drug-likeness (QED) is 0.236. The molecule has 0 aliphatic heterocycles. The average Bonchev–Trinajstić information content (AvgIpc) is 3.30. The lowest BCUT2D eigenvalue weighted by atomic mass is 10.0. The van der Waals surface area contributed by atoms with Crippen molar-refractivity contribution in [3.05, 3.63) is 78.2 Å². The number of H-pyrrole nitrogens is 2. The van der Waals surface area contributed by atoms with E-state index in [-0.39, 0.29) is 0 Å². The fourth-order valence-corrected chi connectivity index (χ4v) is 5.41. The second-order valence-corrected chi connectivity index (χ2v) is 10.6. The predicted molar refractivity (Wildman–Crippen MR) is 146 cm³/mol. The van der Waals surface area contributed by atoms with Crippen molar-refractivity contribution in [2.24, 2.45) is 5.92 Å². The summed E-state index contributed by atoms with van der Waals surface area (Å²) in [5.74, 6) is 1.30. The van der Waals surface area contributed by atoms with Crippen LogP contribution in [0.1, 0.15) is 17.7 Å². The first kappa shape index (κ1) is 21.0. The molecule has 176 valence electrons. The second-order valence-electron chi connectivity index (χ2n) is 9.27. The third-order valence-corrected chi connectivity index (χ3v) is 7.62. The Kier molecular flexibility index (Phi) is 4.75. The normalized spacial score (nSPS) is 13.5. The molecular weight excluding hydrogens is 466 g/mol. The number of allylic oxidation sites excluding steroid dienone is 1. The van der Waals surface area contributed by atoms with Gasteiger partial charge in [0.2, 0.25) is 0 Å². The van der Waals surface area contributed by atoms with Gasteiger partial charge in [-0.15, -0.1) is 11.3 Å². The number of benzene rings is 1. The van der Waals surface area contributed by atoms with E-state index in [0.717, 1.165) is 60.7 Å². The molecule has 7 rings (SSSR count). The minimum absolute atomic E-state index is 0.585. The predicted octanol–water partition coefficient (Wildman–Crippen LogP) is 6.94. The highest BCUT2D eigenvalue weighted by Crippen LogP contribution is 2.37. The Hall–Kier alpha value is -4.30. The maximum absolute atomic E-state index is 4.94. The van der Waals surface area contributed by atoms with E-state index >= 15 is 0 Å². The molecule has 0 atom stereocenters. The lowest BCUT2D eigenvalue weighted by Gasteiger charge is -2.10. The summed E-state index contributed by atoms with van der Waals surface area (Å²) in [7, 11) is 0. The van der Waals surface area contributed by atoms with Crippen LogP contribution in [-0.2, 0) is 0 Å². The number of nitrogens with one attached hydrogen (secondary N) is 3. The van der Waals surface area contributed by atoms with E-state index in [9.17, 15) is 0 Å². The van der Waals surface area contributed by atoms with E-state index in [1.54, 1.807) is 11.3 Å². The van der Waals surface area contributed by atoms with E-state index < -0.39 is 0 Å². The largest absolute Gasteiger partial charge is 0.358 e. The van der Waals surface area contributed by atoms with Crippen molar-refractivity contribution in [1.82, 2.24) is 30.1 Å². The summed E-state index contributed by atoms with van der Waals surface area (Å²) in [5, 5.41) is 12.2. The van der Waals surface area contributed by atoms with Crippen LogP contribution >= 0.6 is 11.3 Å². The molecule has 5 heterocycles. The van der Waals surface area contributed by atoms with Crippen LogP contribution < -0.4 is 5.32 Å². The lowest BCUT2D eigenvalue weighted by molar-refractivity contribution is 1.02. The molecular formula is C28H23N7S. The highest BCUT2D eigenvalue weighted by molar-refractivity contribution is 7.15. The van der Waals surface area contributed by atoms with Gasteiger partial charge in [-0.25, -0.2) is 4.98 Å². The smallest absolute Gasteiger partial charge is 0.159 e. The molecule has 6 aromatic rings. The number of anilines is 1. The Balaban J connectivity index is 1.28. The summed E-state index contributed by atoms with van der Waals surface area (Å²) in [6.45, 7) is 6.27. The van der Waals surface area contributed by atoms with Gasteiger partial charge in [-0.1, -0.05) is 12.6 Å². The summed E-state index contributed by atoms with van der Waals surface area (Å²) in [6.07, 6.45) is 7.97. The van der Waals surface area contributed by atoms with Gasteiger partial charge in [0.05, 0.1) is 27.8 Å². The minimum Gasteiger partial charge on any atom is -0.358 e. The maximum atomic E-state index is 4.94. The molecule has 1 aliphatic carbocycles. The molecule has 0 spiro atoms. The molecule has 3 N–H and O–H groups in total. The first-order valence-corrected chi connectivity index (χ1v) is 12.8. The first-order chi connectivity index (χ1) is 17.6. The van der Waals surface area contributed by atoms with E-state index in [4.69, 9.17) is 4.98 Å². The van der Waals surface area contributed by atoms with Crippen LogP contribution in [-0.4, -0.2) is 30.1 Å². The number of aromatic amines is 2. The molecule has 1 fully saturated rings. The van der Waals surface area contributed by atoms with Crippen LogP contribution in [0.5, 0.6) is 0 Å². The molecule has 1 saturated carbocycles. The number of rotatable bonds is 6. The summed E-state index contributed by atoms with van der Waals surface area (Å²) in [5.41, 5.74) is 8.51. The van der Waals surface area contributed by atoms with E-state index in [1.165, 1.54) is 17.7 Å². The maximum Gasteiger partial charge on any atom is 0.159 e. The lowest BCUT2D eigenvalue weighted by Crippen LogP contribution is -2.00. The molecule has 7 nitrogen and oxygen atoms in total. The van der Waals surface area contributed by atoms with Gasteiger partial charge < -0.3 is 10.3 Å². The van der Waals surface area contributed by atoms with Gasteiger partial charge in [-0.3, -0.25) is 15.1 Å². The summed E-state index contributed by atoms with van der Waals surface area (Å²) < 4.78 is 0. The highest BCUT2D eigenvalue weighted by Gasteiger charge is 2.24. The van der Waals surface area contributed by atoms with Gasteiger partial charge in [0.25, 0.3) is 0 Å². The highest BCUT2D eigenvalue weighted by atomic mass is 32.1. The van der Waals surface area contributed by atoms with Gasteiger partial charge in [0.15, 0.2) is 5.82 Å². The number of fused-ring (bicyclic) bond motifs is 2. The Bertz CT molecular complexity index is 1770. The van der Waals surface area contributed by atoms with Crippen molar-refractivity contribution >= 4 is 39.0 Å². The van der Waals surface area contributed by atoms with Gasteiger partial charge in [0, 0.05) is 33.9 Å². The number of pyridine rings is 2. The fourth-order valence-electron chi connectivity index (χ4n) is 4.55. The van der Waals surface area contributed by atoms with Gasteiger partial charge >= 0.3 is 0 Å². The van der Waals surface area contributed by atoms with Crippen LogP contribution in [0.15, 0.2) is 73.3 Å². The Morgan fingerprint density at radius 2 is 1.94 bits per heavy atom. The van der Waals surface area contributed by atoms with Gasteiger partial charge in [-0.05, 0) is 67.6 Å². The van der Waals surface area contributed by atoms with Crippen LogP contribution in [0, 0.1) is 12.8 Å². The van der Waals surface area contributed by atoms with E-state index in [0.29, 0.717) is 11.7 Å². The molecule has 0 bridgehead atoms. The minimum atomic E-state index is 0.585. The van der Waals surface area contributed by atoms with Crippen molar-refractivity contribution in [3.63, 3.8) is 0 Å².